The molecule has 0 spiro atoms. The number of nitrogens with one attached hydrogen (secondary N) is 1. The summed E-state index contributed by atoms with van der Waals surface area (Å²) in [6.45, 7) is 0. The first kappa shape index (κ1) is 31.6. The van der Waals surface area contributed by atoms with Crippen LogP contribution in [0.15, 0.2) is 201 Å². The summed E-state index contributed by atoms with van der Waals surface area (Å²) < 4.78 is 15.5. The second-order valence-electron chi connectivity index (χ2n) is 14.6. The summed E-state index contributed by atoms with van der Waals surface area (Å²) in [5.74, 6) is 1.49. The van der Waals surface area contributed by atoms with Crippen molar-refractivity contribution in [1.29, 1.82) is 0 Å². The largest absolute Gasteiger partial charge is 0.456 e. The van der Waals surface area contributed by atoms with Gasteiger partial charge in [-0.25, -0.2) is 9.98 Å². The number of aromatic nitrogens is 1. The van der Waals surface area contributed by atoms with Crippen LogP contribution in [0.1, 0.15) is 22.9 Å². The van der Waals surface area contributed by atoms with Crippen LogP contribution < -0.4 is 5.32 Å². The molecule has 1 unspecified atom stereocenters. The van der Waals surface area contributed by atoms with Crippen LogP contribution in [0.25, 0.3) is 82.5 Å². The molecular formula is C51H32N4O2. The third-order valence-electron chi connectivity index (χ3n) is 11.3. The number of nitrogens with zero attached hydrogens (tertiary/aromatic N) is 3. The van der Waals surface area contributed by atoms with E-state index in [2.05, 4.69) is 137 Å². The zero-order valence-corrected chi connectivity index (χ0v) is 30.6. The van der Waals surface area contributed by atoms with Gasteiger partial charge in [-0.1, -0.05) is 127 Å². The predicted molar refractivity (Wildman–Crippen MR) is 233 cm³/mol. The smallest absolute Gasteiger partial charge is 0.159 e. The van der Waals surface area contributed by atoms with Crippen LogP contribution in [0.3, 0.4) is 0 Å². The van der Waals surface area contributed by atoms with Crippen LogP contribution in [-0.2, 0) is 0 Å². The molecule has 1 aliphatic rings. The Morgan fingerprint density at radius 2 is 1.12 bits per heavy atom. The maximum Gasteiger partial charge on any atom is 0.159 e. The zero-order chi connectivity index (χ0) is 37.5. The topological polar surface area (TPSA) is 68.0 Å². The molecule has 0 aliphatic carbocycles. The van der Waals surface area contributed by atoms with E-state index in [-0.39, 0.29) is 6.17 Å². The normalized spacial score (nSPS) is 14.5. The Balaban J connectivity index is 0.934. The van der Waals surface area contributed by atoms with Crippen LogP contribution >= 0.6 is 0 Å². The number of rotatable bonds is 5. The van der Waals surface area contributed by atoms with Crippen molar-refractivity contribution in [2.75, 3.05) is 0 Å². The molecule has 0 fully saturated rings. The third-order valence-corrected chi connectivity index (χ3v) is 11.3. The van der Waals surface area contributed by atoms with Gasteiger partial charge in [0.05, 0.1) is 11.0 Å². The lowest BCUT2D eigenvalue weighted by atomic mass is 10.0. The van der Waals surface area contributed by atoms with E-state index in [1.165, 1.54) is 21.8 Å². The highest BCUT2D eigenvalue weighted by Gasteiger charge is 2.23. The van der Waals surface area contributed by atoms with E-state index in [1.807, 2.05) is 54.6 Å². The van der Waals surface area contributed by atoms with E-state index in [4.69, 9.17) is 18.8 Å². The number of hydrogen-bond donors (Lipinski definition) is 1. The van der Waals surface area contributed by atoms with Crippen molar-refractivity contribution >= 4 is 77.4 Å². The molecule has 4 heterocycles. The molecule has 268 valence electrons. The first-order chi connectivity index (χ1) is 28.2. The standard InChI is InChI=1S/C51H32N4O2/c1-3-12-31(13-4-1)49-52-50(32-14-5-2-6-15-32)54-51(53-49)34-23-26-45-41(28-34)39-25-22-33(29-47(39)56-45)36-18-11-19-40-42-30-35(24-27-46(42)57-48(36)40)55-43-20-9-7-16-37(43)38-17-8-10-21-44(38)55/h1-30,51H,(H,52,53,54). The van der Waals surface area contributed by atoms with Gasteiger partial charge in [0.1, 0.15) is 34.3 Å². The Bertz CT molecular complexity index is 3390. The van der Waals surface area contributed by atoms with E-state index in [0.717, 1.165) is 83.2 Å². The highest BCUT2D eigenvalue weighted by Crippen LogP contribution is 2.40. The minimum absolute atomic E-state index is 0.331. The number of aliphatic imine (C=N–C) groups is 2. The molecule has 0 bridgehead atoms. The van der Waals surface area contributed by atoms with Gasteiger partial charge in [-0.2, -0.15) is 0 Å². The molecule has 3 aromatic heterocycles. The minimum atomic E-state index is -0.331. The maximum absolute atomic E-state index is 6.65. The molecule has 11 aromatic rings. The SMILES string of the molecule is c1ccc(C2=NC(c3ccc4oc5cc(-c6cccc7c6oc6ccc(-n8c9ccccc9c9ccccc98)cc67)ccc5c4c3)NC(c3ccccc3)=N2)cc1. The molecule has 0 saturated heterocycles. The summed E-state index contributed by atoms with van der Waals surface area (Å²) in [7, 11) is 0. The monoisotopic (exact) mass is 732 g/mol. The van der Waals surface area contributed by atoms with E-state index in [9.17, 15) is 0 Å². The Kier molecular flexibility index (Phi) is 6.89. The Morgan fingerprint density at radius 3 is 1.91 bits per heavy atom. The number of hydrogen-bond acceptors (Lipinski definition) is 5. The lowest BCUT2D eigenvalue weighted by Gasteiger charge is -2.23. The molecule has 1 aliphatic heterocycles. The van der Waals surface area contributed by atoms with Gasteiger partial charge >= 0.3 is 0 Å². The summed E-state index contributed by atoms with van der Waals surface area (Å²) in [4.78, 5) is 10.0. The quantitative estimate of drug-likeness (QED) is 0.192. The molecule has 57 heavy (non-hydrogen) atoms. The molecular weight excluding hydrogens is 701 g/mol. The van der Waals surface area contributed by atoms with Gasteiger partial charge in [-0.05, 0) is 65.7 Å². The van der Waals surface area contributed by atoms with Crippen molar-refractivity contribution in [3.63, 3.8) is 0 Å². The summed E-state index contributed by atoms with van der Waals surface area (Å²) in [6.07, 6.45) is -0.331. The van der Waals surface area contributed by atoms with Gasteiger partial charge in [-0.15, -0.1) is 0 Å². The number of fused-ring (bicyclic) bond motifs is 9. The predicted octanol–water partition coefficient (Wildman–Crippen LogP) is 12.7. The van der Waals surface area contributed by atoms with Crippen LogP contribution in [0.4, 0.5) is 0 Å². The fraction of sp³-hybridized carbons (Fsp3) is 0.0196. The molecule has 8 aromatic carbocycles. The molecule has 6 heteroatoms. The lowest BCUT2D eigenvalue weighted by molar-refractivity contribution is 0.663. The fourth-order valence-corrected chi connectivity index (χ4v) is 8.57. The van der Waals surface area contributed by atoms with Crippen LogP contribution in [-0.4, -0.2) is 16.2 Å². The van der Waals surface area contributed by atoms with Crippen molar-refractivity contribution in [3.8, 4) is 16.8 Å². The first-order valence-corrected chi connectivity index (χ1v) is 19.2. The minimum Gasteiger partial charge on any atom is -0.456 e. The Morgan fingerprint density at radius 1 is 0.456 bits per heavy atom. The summed E-state index contributed by atoms with van der Waals surface area (Å²) >= 11 is 0. The third kappa shape index (κ3) is 5.04. The van der Waals surface area contributed by atoms with E-state index in [0.29, 0.717) is 5.84 Å². The Hall–Kier alpha value is -7.70. The fourth-order valence-electron chi connectivity index (χ4n) is 8.57. The van der Waals surface area contributed by atoms with E-state index >= 15 is 0 Å². The molecule has 0 radical (unpaired) electrons. The van der Waals surface area contributed by atoms with Gasteiger partial charge in [0.2, 0.25) is 0 Å². The molecule has 0 amide bonds. The van der Waals surface area contributed by atoms with Gasteiger partial charge in [0.25, 0.3) is 0 Å². The van der Waals surface area contributed by atoms with Crippen molar-refractivity contribution in [1.82, 2.24) is 9.88 Å². The van der Waals surface area contributed by atoms with Gasteiger partial charge in [0, 0.05) is 54.7 Å². The second kappa shape index (κ2) is 12.4. The van der Waals surface area contributed by atoms with Gasteiger partial charge < -0.3 is 18.7 Å². The molecule has 0 saturated carbocycles. The number of para-hydroxylation sites is 3. The van der Waals surface area contributed by atoms with Gasteiger partial charge in [0.15, 0.2) is 5.84 Å². The number of furan rings is 2. The highest BCUT2D eigenvalue weighted by molar-refractivity contribution is 6.15. The highest BCUT2D eigenvalue weighted by atomic mass is 16.3. The van der Waals surface area contributed by atoms with Crippen molar-refractivity contribution < 1.29 is 8.83 Å². The summed E-state index contributed by atoms with van der Waals surface area (Å²) in [6, 6.07) is 63.2. The van der Waals surface area contributed by atoms with E-state index in [1.54, 1.807) is 0 Å². The zero-order valence-electron chi connectivity index (χ0n) is 30.6. The number of amidine groups is 2. The summed E-state index contributed by atoms with van der Waals surface area (Å²) in [5, 5.41) is 10.3. The lowest BCUT2D eigenvalue weighted by Crippen LogP contribution is -2.33. The summed E-state index contributed by atoms with van der Waals surface area (Å²) in [5.41, 5.74) is 11.9. The van der Waals surface area contributed by atoms with Crippen LogP contribution in [0.5, 0.6) is 0 Å². The first-order valence-electron chi connectivity index (χ1n) is 19.2. The van der Waals surface area contributed by atoms with E-state index < -0.39 is 0 Å². The van der Waals surface area contributed by atoms with Crippen molar-refractivity contribution in [2.45, 2.75) is 6.17 Å². The van der Waals surface area contributed by atoms with Gasteiger partial charge in [-0.3, -0.25) is 0 Å². The molecule has 6 nitrogen and oxygen atoms in total. The molecule has 1 atom stereocenters. The average molecular weight is 733 g/mol. The van der Waals surface area contributed by atoms with Crippen molar-refractivity contribution in [3.05, 3.63) is 199 Å². The van der Waals surface area contributed by atoms with Crippen LogP contribution in [0.2, 0.25) is 0 Å². The second-order valence-corrected chi connectivity index (χ2v) is 14.6. The van der Waals surface area contributed by atoms with Crippen LogP contribution in [0, 0.1) is 0 Å². The molecule has 12 rings (SSSR count). The average Bonchev–Trinajstić information content (AvgIpc) is 3.95. The Labute approximate surface area is 326 Å². The maximum atomic E-state index is 6.65. The molecule has 1 N–H and O–H groups in total. The number of benzene rings is 8. The van der Waals surface area contributed by atoms with Crippen molar-refractivity contribution in [2.24, 2.45) is 9.98 Å².